The van der Waals surface area contributed by atoms with Gasteiger partial charge in [-0.05, 0) is 44.9 Å². The summed E-state index contributed by atoms with van der Waals surface area (Å²) in [4.78, 5) is 13.6. The zero-order chi connectivity index (χ0) is 17.3. The summed E-state index contributed by atoms with van der Waals surface area (Å²) in [6, 6.07) is 3.33. The highest BCUT2D eigenvalue weighted by Gasteiger charge is 2.27. The third-order valence-corrected chi connectivity index (χ3v) is 5.49. The van der Waals surface area contributed by atoms with Gasteiger partial charge in [0.2, 0.25) is 10.0 Å². The van der Waals surface area contributed by atoms with E-state index in [0.29, 0.717) is 13.1 Å². The summed E-state index contributed by atoms with van der Waals surface area (Å²) in [6.07, 6.45) is 1.80. The monoisotopic (exact) mass is 379 g/mol. The first-order valence-corrected chi connectivity index (χ1v) is 8.97. The molecule has 0 spiro atoms. The number of sulfonamides is 1. The third kappa shape index (κ3) is 4.66. The van der Waals surface area contributed by atoms with Crippen LogP contribution in [0.15, 0.2) is 23.1 Å². The van der Waals surface area contributed by atoms with Crippen molar-refractivity contribution in [1.82, 2.24) is 9.62 Å². The SMILES string of the molecule is CC(C)(CN)NS(=O)(=O)c1ccc(C(=O)N2CCCC2)c(F)c1.Cl. The van der Waals surface area contributed by atoms with Gasteiger partial charge in [-0.3, -0.25) is 4.79 Å². The zero-order valence-corrected chi connectivity index (χ0v) is 15.3. The lowest BCUT2D eigenvalue weighted by molar-refractivity contribution is 0.0788. The first-order chi connectivity index (χ1) is 10.7. The average Bonchev–Trinajstić information content (AvgIpc) is 2.99. The zero-order valence-electron chi connectivity index (χ0n) is 13.7. The van der Waals surface area contributed by atoms with Gasteiger partial charge in [-0.2, -0.15) is 0 Å². The van der Waals surface area contributed by atoms with Gasteiger partial charge in [0.1, 0.15) is 5.82 Å². The van der Waals surface area contributed by atoms with Crippen LogP contribution in [0.5, 0.6) is 0 Å². The molecule has 1 aliphatic rings. The van der Waals surface area contributed by atoms with E-state index in [4.69, 9.17) is 5.73 Å². The first kappa shape index (κ1) is 20.8. The third-order valence-electron chi connectivity index (χ3n) is 3.80. The lowest BCUT2D eigenvalue weighted by Crippen LogP contribution is -2.48. The van der Waals surface area contributed by atoms with Crippen molar-refractivity contribution in [2.45, 2.75) is 37.1 Å². The maximum atomic E-state index is 14.2. The van der Waals surface area contributed by atoms with E-state index in [0.717, 1.165) is 18.9 Å². The molecule has 24 heavy (non-hydrogen) atoms. The van der Waals surface area contributed by atoms with Crippen molar-refractivity contribution in [2.24, 2.45) is 5.73 Å². The Morgan fingerprint density at radius 3 is 2.42 bits per heavy atom. The van der Waals surface area contributed by atoms with Gasteiger partial charge in [-0.15, -0.1) is 12.4 Å². The van der Waals surface area contributed by atoms with Crippen LogP contribution >= 0.6 is 12.4 Å². The van der Waals surface area contributed by atoms with Crippen LogP contribution in [0, 0.1) is 5.82 Å². The largest absolute Gasteiger partial charge is 0.339 e. The van der Waals surface area contributed by atoms with Crippen molar-refractivity contribution in [3.8, 4) is 0 Å². The lowest BCUT2D eigenvalue weighted by atomic mass is 10.1. The number of nitrogens with zero attached hydrogens (tertiary/aromatic N) is 1. The molecule has 1 aromatic rings. The van der Waals surface area contributed by atoms with Gasteiger partial charge in [0.25, 0.3) is 5.91 Å². The van der Waals surface area contributed by atoms with E-state index in [9.17, 15) is 17.6 Å². The van der Waals surface area contributed by atoms with E-state index >= 15 is 0 Å². The maximum Gasteiger partial charge on any atom is 0.256 e. The van der Waals surface area contributed by atoms with Crippen LogP contribution in [-0.4, -0.2) is 44.4 Å². The molecule has 1 aliphatic heterocycles. The van der Waals surface area contributed by atoms with Crippen LogP contribution in [0.1, 0.15) is 37.0 Å². The molecule has 1 amide bonds. The number of likely N-dealkylation sites (tertiary alicyclic amines) is 1. The summed E-state index contributed by atoms with van der Waals surface area (Å²) >= 11 is 0. The molecular formula is C15H23ClFN3O3S. The van der Waals surface area contributed by atoms with Crippen LogP contribution in [0.2, 0.25) is 0 Å². The highest BCUT2D eigenvalue weighted by atomic mass is 35.5. The van der Waals surface area contributed by atoms with Crippen LogP contribution < -0.4 is 10.5 Å². The van der Waals surface area contributed by atoms with Crippen LogP contribution in [0.25, 0.3) is 0 Å². The molecule has 0 radical (unpaired) electrons. The van der Waals surface area contributed by atoms with Crippen molar-refractivity contribution < 1.29 is 17.6 Å². The molecule has 1 aromatic carbocycles. The second-order valence-corrected chi connectivity index (χ2v) is 8.02. The number of hydrogen-bond acceptors (Lipinski definition) is 4. The van der Waals surface area contributed by atoms with E-state index in [-0.39, 0.29) is 29.4 Å². The Bertz CT molecular complexity index is 704. The normalized spacial score (nSPS) is 15.2. The van der Waals surface area contributed by atoms with Crippen molar-refractivity contribution >= 4 is 28.3 Å². The molecule has 2 rings (SSSR count). The highest BCUT2D eigenvalue weighted by molar-refractivity contribution is 7.89. The highest BCUT2D eigenvalue weighted by Crippen LogP contribution is 2.20. The van der Waals surface area contributed by atoms with Gasteiger partial charge < -0.3 is 10.6 Å². The lowest BCUT2D eigenvalue weighted by Gasteiger charge is -2.24. The second-order valence-electron chi connectivity index (χ2n) is 6.33. The number of amides is 1. The van der Waals surface area contributed by atoms with Crippen molar-refractivity contribution in [2.75, 3.05) is 19.6 Å². The smallest absolute Gasteiger partial charge is 0.256 e. The Balaban J connectivity index is 0.00000288. The van der Waals surface area contributed by atoms with Crippen LogP contribution in [0.3, 0.4) is 0 Å². The van der Waals surface area contributed by atoms with Gasteiger partial charge >= 0.3 is 0 Å². The molecule has 0 bridgehead atoms. The fraction of sp³-hybridized carbons (Fsp3) is 0.533. The molecule has 136 valence electrons. The Morgan fingerprint density at radius 2 is 1.92 bits per heavy atom. The summed E-state index contributed by atoms with van der Waals surface area (Å²) < 4.78 is 41.2. The number of nitrogens with two attached hydrogens (primary N) is 1. The van der Waals surface area contributed by atoms with E-state index in [1.165, 1.54) is 12.1 Å². The summed E-state index contributed by atoms with van der Waals surface area (Å²) in [5, 5.41) is 0. The van der Waals surface area contributed by atoms with Crippen LogP contribution in [-0.2, 0) is 10.0 Å². The molecule has 1 saturated heterocycles. The Morgan fingerprint density at radius 1 is 1.33 bits per heavy atom. The molecule has 3 N–H and O–H groups in total. The first-order valence-electron chi connectivity index (χ1n) is 7.49. The minimum Gasteiger partial charge on any atom is -0.339 e. The van der Waals surface area contributed by atoms with Crippen molar-refractivity contribution in [1.29, 1.82) is 0 Å². The molecule has 1 fully saturated rings. The van der Waals surface area contributed by atoms with E-state index in [1.54, 1.807) is 18.7 Å². The van der Waals surface area contributed by atoms with E-state index in [1.807, 2.05) is 0 Å². The standard InChI is InChI=1S/C15H22FN3O3S.ClH/c1-15(2,10-17)18-23(21,22)11-5-6-12(13(16)9-11)14(20)19-7-3-4-8-19;/h5-6,9,18H,3-4,7-8,10,17H2,1-2H3;1H. The van der Waals surface area contributed by atoms with E-state index < -0.39 is 27.3 Å². The number of carbonyl (C=O) groups excluding carboxylic acids is 1. The Labute approximate surface area is 148 Å². The van der Waals surface area contributed by atoms with Crippen LogP contribution in [0.4, 0.5) is 4.39 Å². The molecule has 0 atom stereocenters. The molecular weight excluding hydrogens is 357 g/mol. The summed E-state index contributed by atoms with van der Waals surface area (Å²) in [5.74, 6) is -1.24. The molecule has 0 saturated carbocycles. The van der Waals surface area contributed by atoms with Gasteiger partial charge in [0.15, 0.2) is 0 Å². The molecule has 0 aromatic heterocycles. The van der Waals surface area contributed by atoms with Gasteiger partial charge in [-0.25, -0.2) is 17.5 Å². The quantitative estimate of drug-likeness (QED) is 0.810. The van der Waals surface area contributed by atoms with Gasteiger partial charge in [-0.1, -0.05) is 0 Å². The fourth-order valence-electron chi connectivity index (χ4n) is 2.39. The van der Waals surface area contributed by atoms with E-state index in [2.05, 4.69) is 4.72 Å². The minimum absolute atomic E-state index is 0. The summed E-state index contributed by atoms with van der Waals surface area (Å²) in [7, 11) is -3.91. The molecule has 1 heterocycles. The second kappa shape index (κ2) is 7.77. The summed E-state index contributed by atoms with van der Waals surface area (Å²) in [6.45, 7) is 4.56. The number of benzene rings is 1. The average molecular weight is 380 g/mol. The topological polar surface area (TPSA) is 92.5 Å². The summed E-state index contributed by atoms with van der Waals surface area (Å²) in [5.41, 5.74) is 4.55. The van der Waals surface area contributed by atoms with Gasteiger partial charge in [0.05, 0.1) is 10.5 Å². The fourth-order valence-corrected chi connectivity index (χ4v) is 3.83. The number of carbonyl (C=O) groups is 1. The molecule has 9 heteroatoms. The predicted octanol–water partition coefficient (Wildman–Crippen LogP) is 1.50. The number of nitrogens with one attached hydrogen (secondary N) is 1. The maximum absolute atomic E-state index is 14.2. The Hall–Kier alpha value is -1.22. The number of hydrogen-bond donors (Lipinski definition) is 2. The minimum atomic E-state index is -3.91. The molecule has 6 nitrogen and oxygen atoms in total. The predicted molar refractivity (Wildman–Crippen MR) is 92.2 cm³/mol. The molecule has 0 aliphatic carbocycles. The van der Waals surface area contributed by atoms with Crippen molar-refractivity contribution in [3.05, 3.63) is 29.6 Å². The Kier molecular flexibility index (Phi) is 6.75. The number of halogens is 2. The number of rotatable bonds is 5. The van der Waals surface area contributed by atoms with Gasteiger partial charge in [0, 0.05) is 25.2 Å². The van der Waals surface area contributed by atoms with Crippen molar-refractivity contribution in [3.63, 3.8) is 0 Å². The molecule has 0 unspecified atom stereocenters.